The van der Waals surface area contributed by atoms with Gasteiger partial charge in [0.25, 0.3) is 0 Å². The van der Waals surface area contributed by atoms with E-state index >= 15 is 0 Å². The summed E-state index contributed by atoms with van der Waals surface area (Å²) in [6.07, 6.45) is 6.16. The number of rotatable bonds is 8. The van der Waals surface area contributed by atoms with Gasteiger partial charge in [0.2, 0.25) is 0 Å². The Bertz CT molecular complexity index is 532. The van der Waals surface area contributed by atoms with Crippen molar-refractivity contribution in [3.05, 3.63) is 0 Å². The van der Waals surface area contributed by atoms with Crippen LogP contribution >= 0.6 is 24.0 Å². The van der Waals surface area contributed by atoms with Gasteiger partial charge in [0.1, 0.15) is 0 Å². The average Bonchev–Trinajstić information content (AvgIpc) is 3.38. The highest BCUT2D eigenvalue weighted by Crippen LogP contribution is 2.34. The second-order valence-electron chi connectivity index (χ2n) is 7.17. The van der Waals surface area contributed by atoms with Gasteiger partial charge in [-0.3, -0.25) is 9.89 Å². The van der Waals surface area contributed by atoms with Crippen molar-refractivity contribution in [3.63, 3.8) is 0 Å². The molecule has 24 heavy (non-hydrogen) atoms. The van der Waals surface area contributed by atoms with Gasteiger partial charge in [0.05, 0.1) is 18.1 Å². The van der Waals surface area contributed by atoms with Crippen LogP contribution in [0, 0.1) is 5.92 Å². The normalized spacial score (nSPS) is 26.2. The molecule has 0 bridgehead atoms. The highest BCUT2D eigenvalue weighted by molar-refractivity contribution is 14.0. The van der Waals surface area contributed by atoms with Crippen LogP contribution in [0.3, 0.4) is 0 Å². The van der Waals surface area contributed by atoms with Gasteiger partial charge >= 0.3 is 0 Å². The maximum absolute atomic E-state index is 11.6. The number of hydrogen-bond acceptors (Lipinski definition) is 4. The van der Waals surface area contributed by atoms with Crippen molar-refractivity contribution in [2.24, 2.45) is 10.9 Å². The molecule has 3 fully saturated rings. The Morgan fingerprint density at radius 3 is 2.50 bits per heavy atom. The standard InChI is InChI=1S/C16H30N4O2S.HI/c1-2-17-16(19-14-7-10-23(21,22)12-14)18-8-9-20(15-5-6-15)11-13-3-4-13;/h13-15H,2-12H2,1H3,(H2,17,18,19);1H. The molecule has 0 aromatic heterocycles. The summed E-state index contributed by atoms with van der Waals surface area (Å²) in [4.78, 5) is 7.26. The molecule has 1 saturated heterocycles. The molecule has 3 rings (SSSR count). The summed E-state index contributed by atoms with van der Waals surface area (Å²) in [6.45, 7) is 5.86. The van der Waals surface area contributed by atoms with Crippen LogP contribution in [0.1, 0.15) is 39.0 Å². The third kappa shape index (κ3) is 6.67. The van der Waals surface area contributed by atoms with E-state index in [2.05, 4.69) is 20.5 Å². The molecule has 1 aliphatic heterocycles. The van der Waals surface area contributed by atoms with E-state index < -0.39 is 9.84 Å². The first kappa shape index (κ1) is 20.2. The number of nitrogens with zero attached hydrogens (tertiary/aromatic N) is 2. The van der Waals surface area contributed by atoms with Crippen molar-refractivity contribution in [2.45, 2.75) is 51.1 Å². The van der Waals surface area contributed by atoms with Gasteiger partial charge in [-0.05, 0) is 44.9 Å². The van der Waals surface area contributed by atoms with Crippen LogP contribution < -0.4 is 10.6 Å². The molecular formula is C16H31IN4O2S. The lowest BCUT2D eigenvalue weighted by Crippen LogP contribution is -2.44. The molecule has 0 aromatic rings. The van der Waals surface area contributed by atoms with Crippen LogP contribution in [0.4, 0.5) is 0 Å². The first-order chi connectivity index (χ1) is 11.1. The van der Waals surface area contributed by atoms with Gasteiger partial charge in [-0.1, -0.05) is 0 Å². The zero-order valence-electron chi connectivity index (χ0n) is 14.5. The fourth-order valence-electron chi connectivity index (χ4n) is 3.21. The summed E-state index contributed by atoms with van der Waals surface area (Å²) in [5, 5.41) is 6.52. The lowest BCUT2D eigenvalue weighted by Gasteiger charge is -2.21. The zero-order chi connectivity index (χ0) is 16.3. The summed E-state index contributed by atoms with van der Waals surface area (Å²) < 4.78 is 23.1. The first-order valence-corrected chi connectivity index (χ1v) is 10.9. The van der Waals surface area contributed by atoms with E-state index in [9.17, 15) is 8.42 Å². The third-order valence-corrected chi connectivity index (χ3v) is 6.60. The lowest BCUT2D eigenvalue weighted by atomic mass is 10.3. The minimum Gasteiger partial charge on any atom is -0.357 e. The van der Waals surface area contributed by atoms with Crippen LogP contribution in [0.2, 0.25) is 0 Å². The molecule has 140 valence electrons. The Balaban J connectivity index is 0.00000208. The minimum atomic E-state index is -2.85. The van der Waals surface area contributed by atoms with Crippen LogP contribution in [-0.4, -0.2) is 69.0 Å². The molecule has 1 heterocycles. The van der Waals surface area contributed by atoms with Gasteiger partial charge in [-0.2, -0.15) is 0 Å². The molecular weight excluding hydrogens is 439 g/mol. The van der Waals surface area contributed by atoms with Crippen LogP contribution in [-0.2, 0) is 9.84 Å². The number of hydrogen-bond donors (Lipinski definition) is 2. The Morgan fingerprint density at radius 2 is 1.96 bits per heavy atom. The van der Waals surface area contributed by atoms with Gasteiger partial charge in [0, 0.05) is 31.7 Å². The largest absolute Gasteiger partial charge is 0.357 e. The Kier molecular flexibility index (Phi) is 7.60. The van der Waals surface area contributed by atoms with E-state index in [-0.39, 0.29) is 35.8 Å². The predicted molar refractivity (Wildman–Crippen MR) is 109 cm³/mol. The van der Waals surface area contributed by atoms with Crippen LogP contribution in [0.5, 0.6) is 0 Å². The Labute approximate surface area is 163 Å². The fraction of sp³-hybridized carbons (Fsp3) is 0.938. The molecule has 0 radical (unpaired) electrons. The lowest BCUT2D eigenvalue weighted by molar-refractivity contribution is 0.260. The number of nitrogens with one attached hydrogen (secondary N) is 2. The monoisotopic (exact) mass is 470 g/mol. The Morgan fingerprint density at radius 1 is 1.21 bits per heavy atom. The second kappa shape index (κ2) is 9.02. The number of guanidine groups is 1. The molecule has 0 amide bonds. The summed E-state index contributed by atoms with van der Waals surface area (Å²) in [7, 11) is -2.85. The van der Waals surface area contributed by atoms with E-state index in [1.165, 1.54) is 32.2 Å². The summed E-state index contributed by atoms with van der Waals surface area (Å²) >= 11 is 0. The van der Waals surface area contributed by atoms with E-state index in [0.717, 1.165) is 37.6 Å². The minimum absolute atomic E-state index is 0. The molecule has 2 N–H and O–H groups in total. The third-order valence-electron chi connectivity index (χ3n) is 4.83. The molecule has 2 aliphatic carbocycles. The SMILES string of the molecule is CCNC(=NCCN(CC1CC1)C1CC1)NC1CCS(=O)(=O)C1.I. The molecule has 2 saturated carbocycles. The van der Waals surface area contributed by atoms with Gasteiger partial charge in [-0.15, -0.1) is 24.0 Å². The van der Waals surface area contributed by atoms with Gasteiger partial charge in [0.15, 0.2) is 15.8 Å². The van der Waals surface area contributed by atoms with Gasteiger partial charge in [-0.25, -0.2) is 8.42 Å². The van der Waals surface area contributed by atoms with Crippen LogP contribution in [0.25, 0.3) is 0 Å². The zero-order valence-corrected chi connectivity index (χ0v) is 17.7. The molecule has 0 aromatic carbocycles. The summed E-state index contributed by atoms with van der Waals surface area (Å²) in [5.41, 5.74) is 0. The fourth-order valence-corrected chi connectivity index (χ4v) is 4.88. The highest BCUT2D eigenvalue weighted by atomic mass is 127. The van der Waals surface area contributed by atoms with E-state index in [0.29, 0.717) is 12.2 Å². The molecule has 6 nitrogen and oxygen atoms in total. The van der Waals surface area contributed by atoms with E-state index in [1.807, 2.05) is 6.92 Å². The summed E-state index contributed by atoms with van der Waals surface area (Å²) in [6, 6.07) is 0.796. The molecule has 1 unspecified atom stereocenters. The number of halogens is 1. The average molecular weight is 470 g/mol. The van der Waals surface area contributed by atoms with Crippen molar-refractivity contribution < 1.29 is 8.42 Å². The smallest absolute Gasteiger partial charge is 0.191 e. The number of sulfone groups is 1. The maximum atomic E-state index is 11.6. The topological polar surface area (TPSA) is 73.8 Å². The van der Waals surface area contributed by atoms with Gasteiger partial charge < -0.3 is 10.6 Å². The van der Waals surface area contributed by atoms with Crippen molar-refractivity contribution in [3.8, 4) is 0 Å². The van der Waals surface area contributed by atoms with Crippen molar-refractivity contribution in [1.29, 1.82) is 0 Å². The molecule has 1 atom stereocenters. The predicted octanol–water partition coefficient (Wildman–Crippen LogP) is 1.22. The Hall–Kier alpha value is -0.0900. The van der Waals surface area contributed by atoms with Crippen molar-refractivity contribution in [1.82, 2.24) is 15.5 Å². The first-order valence-electron chi connectivity index (χ1n) is 9.05. The second-order valence-corrected chi connectivity index (χ2v) is 9.40. The molecule has 0 spiro atoms. The van der Waals surface area contributed by atoms with Crippen molar-refractivity contribution in [2.75, 3.05) is 37.7 Å². The van der Waals surface area contributed by atoms with Crippen LogP contribution in [0.15, 0.2) is 4.99 Å². The van der Waals surface area contributed by atoms with E-state index in [4.69, 9.17) is 0 Å². The van der Waals surface area contributed by atoms with Crippen molar-refractivity contribution >= 4 is 39.8 Å². The highest BCUT2D eigenvalue weighted by Gasteiger charge is 2.33. The quantitative estimate of drug-likeness (QED) is 0.317. The maximum Gasteiger partial charge on any atom is 0.191 e. The number of aliphatic imine (C=N–C) groups is 1. The van der Waals surface area contributed by atoms with E-state index in [1.54, 1.807) is 0 Å². The molecule has 8 heteroatoms. The summed E-state index contributed by atoms with van der Waals surface area (Å²) in [5.74, 6) is 2.21. The molecule has 3 aliphatic rings.